The molecule has 0 fully saturated rings. The first-order valence-electron chi connectivity index (χ1n) is 5.95. The van der Waals surface area contributed by atoms with Crippen molar-refractivity contribution in [3.63, 3.8) is 0 Å². The third kappa shape index (κ3) is 4.84. The summed E-state index contributed by atoms with van der Waals surface area (Å²) in [5, 5.41) is 9.94. The molecule has 0 spiro atoms. The van der Waals surface area contributed by atoms with Crippen LogP contribution in [0.25, 0.3) is 0 Å². The number of benzene rings is 1. The minimum Gasteiger partial charge on any atom is -0.393 e. The normalized spacial score (nSPS) is 14.6. The molecule has 0 bridgehead atoms. The smallest absolute Gasteiger partial charge is 0.123 e. The van der Waals surface area contributed by atoms with Crippen molar-refractivity contribution in [2.45, 2.75) is 32.8 Å². The molecule has 2 unspecified atom stereocenters. The molecule has 1 rings (SSSR count). The van der Waals surface area contributed by atoms with Crippen LogP contribution >= 0.6 is 0 Å². The number of ether oxygens (including phenoxy) is 1. The first-order chi connectivity index (χ1) is 8.02. The maximum absolute atomic E-state index is 12.9. The molecular weight excluding hydrogens is 219 g/mol. The summed E-state index contributed by atoms with van der Waals surface area (Å²) in [6.07, 6.45) is 0.870. The Hall–Kier alpha value is -0.930. The van der Waals surface area contributed by atoms with Crippen LogP contribution < -0.4 is 0 Å². The molecular formula is C14H21FO2. The Morgan fingerprint density at radius 1 is 1.41 bits per heavy atom. The van der Waals surface area contributed by atoms with Gasteiger partial charge in [-0.1, -0.05) is 13.0 Å². The molecule has 3 heteroatoms. The summed E-state index contributed by atoms with van der Waals surface area (Å²) in [6.45, 7) is 4.56. The number of aliphatic hydroxyl groups is 1. The van der Waals surface area contributed by atoms with Gasteiger partial charge >= 0.3 is 0 Å². The molecule has 2 nitrogen and oxygen atoms in total. The summed E-state index contributed by atoms with van der Waals surface area (Å²) in [5.74, 6) is 0.101. The minimum absolute atomic E-state index is 0.228. The number of hydrogen-bond donors (Lipinski definition) is 1. The largest absolute Gasteiger partial charge is 0.393 e. The van der Waals surface area contributed by atoms with Crippen LogP contribution in [-0.2, 0) is 11.2 Å². The van der Waals surface area contributed by atoms with E-state index in [1.807, 2.05) is 13.8 Å². The van der Waals surface area contributed by atoms with E-state index in [9.17, 15) is 9.50 Å². The lowest BCUT2D eigenvalue weighted by Gasteiger charge is -2.16. The third-order valence-corrected chi connectivity index (χ3v) is 2.89. The second kappa shape index (κ2) is 6.72. The molecule has 1 aromatic carbocycles. The second-order valence-corrected chi connectivity index (χ2v) is 4.72. The number of methoxy groups -OCH3 is 1. The van der Waals surface area contributed by atoms with Gasteiger partial charge in [-0.2, -0.15) is 0 Å². The van der Waals surface area contributed by atoms with Crippen molar-refractivity contribution < 1.29 is 14.2 Å². The first kappa shape index (κ1) is 14.1. The number of halogens is 1. The summed E-state index contributed by atoms with van der Waals surface area (Å²) < 4.78 is 17.9. The van der Waals surface area contributed by atoms with E-state index in [2.05, 4.69) is 0 Å². The van der Waals surface area contributed by atoms with Crippen molar-refractivity contribution in [3.05, 3.63) is 35.1 Å². The van der Waals surface area contributed by atoms with E-state index >= 15 is 0 Å². The number of hydrogen-bond acceptors (Lipinski definition) is 2. The number of rotatable bonds is 6. The fraction of sp³-hybridized carbons (Fsp3) is 0.571. The van der Waals surface area contributed by atoms with E-state index in [-0.39, 0.29) is 5.82 Å². The second-order valence-electron chi connectivity index (χ2n) is 4.72. The fourth-order valence-electron chi connectivity index (χ4n) is 2.04. The van der Waals surface area contributed by atoms with Crippen LogP contribution in [-0.4, -0.2) is 24.9 Å². The van der Waals surface area contributed by atoms with Gasteiger partial charge in [-0.25, -0.2) is 4.39 Å². The third-order valence-electron chi connectivity index (χ3n) is 2.89. The Labute approximate surface area is 102 Å². The predicted octanol–water partition coefficient (Wildman–Crippen LogP) is 2.71. The van der Waals surface area contributed by atoms with Crippen LogP contribution in [0.3, 0.4) is 0 Å². The lowest BCUT2D eigenvalue weighted by Crippen LogP contribution is -2.17. The lowest BCUT2D eigenvalue weighted by molar-refractivity contribution is 0.101. The quantitative estimate of drug-likeness (QED) is 0.828. The lowest BCUT2D eigenvalue weighted by atomic mass is 9.96. The van der Waals surface area contributed by atoms with Crippen LogP contribution in [0.1, 0.15) is 24.5 Å². The maximum atomic E-state index is 12.9. The van der Waals surface area contributed by atoms with Gasteiger partial charge in [0.25, 0.3) is 0 Å². The van der Waals surface area contributed by atoms with Gasteiger partial charge in [0.15, 0.2) is 0 Å². The Kier molecular flexibility index (Phi) is 5.59. The molecule has 0 saturated heterocycles. The van der Waals surface area contributed by atoms with Crippen molar-refractivity contribution in [2.75, 3.05) is 13.7 Å². The molecule has 0 aromatic heterocycles. The predicted molar refractivity (Wildman–Crippen MR) is 66.5 cm³/mol. The average Bonchev–Trinajstić information content (AvgIpc) is 2.22. The zero-order valence-electron chi connectivity index (χ0n) is 10.7. The van der Waals surface area contributed by atoms with Crippen LogP contribution in [0, 0.1) is 18.7 Å². The average molecular weight is 240 g/mol. The van der Waals surface area contributed by atoms with Gasteiger partial charge in [-0.15, -0.1) is 0 Å². The van der Waals surface area contributed by atoms with Gasteiger partial charge in [0.2, 0.25) is 0 Å². The van der Waals surface area contributed by atoms with E-state index in [1.165, 1.54) is 12.1 Å². The summed E-state index contributed by atoms with van der Waals surface area (Å²) in [5.41, 5.74) is 1.90. The maximum Gasteiger partial charge on any atom is 0.123 e. The Morgan fingerprint density at radius 2 is 2.12 bits per heavy atom. The molecule has 17 heavy (non-hydrogen) atoms. The minimum atomic E-state index is -0.399. The summed E-state index contributed by atoms with van der Waals surface area (Å²) in [7, 11) is 1.66. The standard InChI is InChI=1S/C14H21FO2/c1-10(9-17-3)6-14(16)8-12-4-5-13(15)7-11(12)2/h4-5,7,10,14,16H,6,8-9H2,1-3H3. The van der Waals surface area contributed by atoms with Crippen LogP contribution in [0.5, 0.6) is 0 Å². The van der Waals surface area contributed by atoms with Gasteiger partial charge in [0.1, 0.15) is 5.82 Å². The van der Waals surface area contributed by atoms with Crippen molar-refractivity contribution >= 4 is 0 Å². The Balaban J connectivity index is 2.52. The highest BCUT2D eigenvalue weighted by Gasteiger charge is 2.12. The van der Waals surface area contributed by atoms with Gasteiger partial charge in [0, 0.05) is 13.7 Å². The summed E-state index contributed by atoms with van der Waals surface area (Å²) in [4.78, 5) is 0. The summed E-state index contributed by atoms with van der Waals surface area (Å²) >= 11 is 0. The van der Waals surface area contributed by atoms with E-state index < -0.39 is 6.10 Å². The fourth-order valence-corrected chi connectivity index (χ4v) is 2.04. The highest BCUT2D eigenvalue weighted by atomic mass is 19.1. The highest BCUT2D eigenvalue weighted by Crippen LogP contribution is 2.16. The number of aryl methyl sites for hydroxylation is 1. The monoisotopic (exact) mass is 240 g/mol. The molecule has 96 valence electrons. The van der Waals surface area contributed by atoms with Crippen molar-refractivity contribution in [3.8, 4) is 0 Å². The molecule has 0 aliphatic heterocycles. The first-order valence-corrected chi connectivity index (χ1v) is 5.95. The highest BCUT2D eigenvalue weighted by molar-refractivity contribution is 5.27. The van der Waals surface area contributed by atoms with Crippen LogP contribution in [0.4, 0.5) is 4.39 Å². The molecule has 0 aliphatic carbocycles. The zero-order valence-corrected chi connectivity index (χ0v) is 10.7. The molecule has 0 saturated carbocycles. The topological polar surface area (TPSA) is 29.5 Å². The Bertz CT molecular complexity index is 352. The molecule has 0 heterocycles. The van der Waals surface area contributed by atoms with Crippen LogP contribution in [0.15, 0.2) is 18.2 Å². The van der Waals surface area contributed by atoms with Crippen molar-refractivity contribution in [1.82, 2.24) is 0 Å². The molecule has 0 radical (unpaired) electrons. The SMILES string of the molecule is COCC(C)CC(O)Cc1ccc(F)cc1C. The molecule has 1 N–H and O–H groups in total. The molecule has 0 amide bonds. The molecule has 0 aliphatic rings. The van der Waals surface area contributed by atoms with Crippen molar-refractivity contribution in [1.29, 1.82) is 0 Å². The molecule has 1 aromatic rings. The zero-order chi connectivity index (χ0) is 12.8. The van der Waals surface area contributed by atoms with E-state index in [0.717, 1.165) is 11.1 Å². The van der Waals surface area contributed by atoms with Gasteiger partial charge < -0.3 is 9.84 Å². The summed E-state index contributed by atoms with van der Waals surface area (Å²) in [6, 6.07) is 4.68. The van der Waals surface area contributed by atoms with Gasteiger partial charge in [-0.05, 0) is 48.9 Å². The van der Waals surface area contributed by atoms with E-state index in [1.54, 1.807) is 13.2 Å². The molecule has 2 atom stereocenters. The van der Waals surface area contributed by atoms with Crippen LogP contribution in [0.2, 0.25) is 0 Å². The van der Waals surface area contributed by atoms with Gasteiger partial charge in [-0.3, -0.25) is 0 Å². The number of aliphatic hydroxyl groups excluding tert-OH is 1. The van der Waals surface area contributed by atoms with Crippen molar-refractivity contribution in [2.24, 2.45) is 5.92 Å². The van der Waals surface area contributed by atoms with Gasteiger partial charge in [0.05, 0.1) is 6.10 Å². The van der Waals surface area contributed by atoms with E-state index in [4.69, 9.17) is 4.74 Å². The Morgan fingerprint density at radius 3 is 2.71 bits per heavy atom. The van der Waals surface area contributed by atoms with E-state index in [0.29, 0.717) is 25.4 Å².